The first kappa shape index (κ1) is 23.0. The summed E-state index contributed by atoms with van der Waals surface area (Å²) in [7, 11) is 6.39. The van der Waals surface area contributed by atoms with Crippen molar-refractivity contribution >= 4 is 39.3 Å². The van der Waals surface area contributed by atoms with Crippen molar-refractivity contribution in [3.8, 4) is 17.2 Å². The van der Waals surface area contributed by atoms with E-state index in [-0.39, 0.29) is 0 Å². The Balaban J connectivity index is 1.73. The fourth-order valence-electron chi connectivity index (χ4n) is 3.75. The van der Waals surface area contributed by atoms with Crippen LogP contribution < -0.4 is 24.8 Å². The van der Waals surface area contributed by atoms with Gasteiger partial charge in [0, 0.05) is 42.1 Å². The fraction of sp³-hybridized carbons (Fsp3) is 0.231. The van der Waals surface area contributed by atoms with E-state index in [1.807, 2.05) is 54.6 Å². The standard InChI is InChI=1S/C26H27N3O5/c1-27-26(30)34-12-11-16-5-7-17(8-6-16)28-25-19-10-9-18(31-2)13-21(19)29-22-15-24(33-4)23(32-3)14-20(22)25/h5-10,13-15H,11-12H2,1-4H3,(H,27,30)(H,28,29). The zero-order chi connectivity index (χ0) is 24.1. The maximum absolute atomic E-state index is 11.2. The molecular weight excluding hydrogens is 434 g/mol. The highest BCUT2D eigenvalue weighted by atomic mass is 16.5. The number of hydrogen-bond donors (Lipinski definition) is 2. The molecule has 1 amide bonds. The Labute approximate surface area is 197 Å². The van der Waals surface area contributed by atoms with Gasteiger partial charge in [-0.15, -0.1) is 0 Å². The molecule has 0 radical (unpaired) electrons. The molecule has 4 rings (SSSR count). The summed E-state index contributed by atoms with van der Waals surface area (Å²) in [5, 5.41) is 7.84. The molecule has 0 fully saturated rings. The lowest BCUT2D eigenvalue weighted by Gasteiger charge is -2.16. The molecule has 0 unspecified atom stereocenters. The van der Waals surface area contributed by atoms with Crippen LogP contribution in [0, 0.1) is 0 Å². The lowest BCUT2D eigenvalue weighted by molar-refractivity contribution is 0.150. The number of carbonyl (C=O) groups is 1. The zero-order valence-electron chi connectivity index (χ0n) is 19.6. The molecular formula is C26H27N3O5. The third-order valence-corrected chi connectivity index (χ3v) is 5.54. The number of ether oxygens (including phenoxy) is 4. The van der Waals surface area contributed by atoms with Crippen LogP contribution in [-0.2, 0) is 11.2 Å². The smallest absolute Gasteiger partial charge is 0.406 e. The topological polar surface area (TPSA) is 90.9 Å². The van der Waals surface area contributed by atoms with E-state index < -0.39 is 6.09 Å². The molecule has 0 aliphatic carbocycles. The largest absolute Gasteiger partial charge is 0.497 e. The normalized spacial score (nSPS) is 10.7. The molecule has 0 atom stereocenters. The SMILES string of the molecule is CNC(=O)OCCc1ccc(Nc2c3ccc(OC)cc3nc3cc(OC)c(OC)cc23)cc1. The van der Waals surface area contributed by atoms with E-state index in [9.17, 15) is 4.79 Å². The highest BCUT2D eigenvalue weighted by molar-refractivity contribution is 6.09. The van der Waals surface area contributed by atoms with Crippen molar-refractivity contribution in [3.05, 3.63) is 60.2 Å². The second-order valence-corrected chi connectivity index (χ2v) is 7.55. The molecule has 0 saturated heterocycles. The first-order chi connectivity index (χ1) is 16.6. The molecule has 34 heavy (non-hydrogen) atoms. The van der Waals surface area contributed by atoms with E-state index in [0.29, 0.717) is 24.5 Å². The fourth-order valence-corrected chi connectivity index (χ4v) is 3.75. The quantitative estimate of drug-likeness (QED) is 0.355. The molecule has 8 nitrogen and oxygen atoms in total. The van der Waals surface area contributed by atoms with E-state index in [1.54, 1.807) is 21.3 Å². The van der Waals surface area contributed by atoms with Crippen LogP contribution in [0.3, 0.4) is 0 Å². The molecule has 0 aliphatic heterocycles. The van der Waals surface area contributed by atoms with Crippen LogP contribution in [0.2, 0.25) is 0 Å². The molecule has 8 heteroatoms. The van der Waals surface area contributed by atoms with Crippen molar-refractivity contribution in [1.82, 2.24) is 10.3 Å². The van der Waals surface area contributed by atoms with E-state index in [1.165, 1.54) is 7.05 Å². The number of alkyl carbamates (subject to hydrolysis) is 1. The van der Waals surface area contributed by atoms with Gasteiger partial charge in [0.2, 0.25) is 0 Å². The van der Waals surface area contributed by atoms with Gasteiger partial charge in [0.25, 0.3) is 0 Å². The Bertz CT molecular complexity index is 1320. The Kier molecular flexibility index (Phi) is 6.87. The highest BCUT2D eigenvalue weighted by Gasteiger charge is 2.15. The third-order valence-electron chi connectivity index (χ3n) is 5.54. The number of fused-ring (bicyclic) bond motifs is 2. The molecule has 0 bridgehead atoms. The molecule has 4 aromatic rings. The number of rotatable bonds is 8. The van der Waals surface area contributed by atoms with Gasteiger partial charge >= 0.3 is 6.09 Å². The number of nitrogens with zero attached hydrogens (tertiary/aromatic N) is 1. The maximum atomic E-state index is 11.2. The number of pyridine rings is 1. The Morgan fingerprint density at radius 3 is 2.24 bits per heavy atom. The highest BCUT2D eigenvalue weighted by Crippen LogP contribution is 2.39. The van der Waals surface area contributed by atoms with E-state index in [4.69, 9.17) is 23.9 Å². The number of benzene rings is 3. The van der Waals surface area contributed by atoms with Crippen molar-refractivity contribution in [2.75, 3.05) is 40.3 Å². The molecule has 1 aromatic heterocycles. The molecule has 176 valence electrons. The molecule has 0 spiro atoms. The number of aromatic nitrogens is 1. The van der Waals surface area contributed by atoms with Gasteiger partial charge in [-0.25, -0.2) is 9.78 Å². The van der Waals surface area contributed by atoms with Crippen molar-refractivity contribution in [2.45, 2.75) is 6.42 Å². The van der Waals surface area contributed by atoms with Crippen LogP contribution in [0.4, 0.5) is 16.2 Å². The number of methoxy groups -OCH3 is 3. The summed E-state index contributed by atoms with van der Waals surface area (Å²) in [6, 6.07) is 17.6. The molecule has 2 N–H and O–H groups in total. The summed E-state index contributed by atoms with van der Waals surface area (Å²) >= 11 is 0. The van der Waals surface area contributed by atoms with Crippen LogP contribution in [0.15, 0.2) is 54.6 Å². The summed E-state index contributed by atoms with van der Waals surface area (Å²) in [4.78, 5) is 16.1. The van der Waals surface area contributed by atoms with Gasteiger partial charge in [0.05, 0.1) is 44.7 Å². The van der Waals surface area contributed by atoms with Crippen molar-refractivity contribution < 1.29 is 23.7 Å². The summed E-state index contributed by atoms with van der Waals surface area (Å²) in [5.74, 6) is 1.97. The number of amides is 1. The number of nitrogens with one attached hydrogen (secondary N) is 2. The Morgan fingerprint density at radius 2 is 1.56 bits per heavy atom. The minimum absolute atomic E-state index is 0.315. The first-order valence-corrected chi connectivity index (χ1v) is 10.8. The monoisotopic (exact) mass is 461 g/mol. The van der Waals surface area contributed by atoms with E-state index in [2.05, 4.69) is 10.6 Å². The minimum Gasteiger partial charge on any atom is -0.497 e. The second-order valence-electron chi connectivity index (χ2n) is 7.55. The third kappa shape index (κ3) is 4.76. The summed E-state index contributed by atoms with van der Waals surface area (Å²) in [5.41, 5.74) is 4.44. The predicted molar refractivity (Wildman–Crippen MR) is 133 cm³/mol. The number of hydrogen-bond acceptors (Lipinski definition) is 7. The lowest BCUT2D eigenvalue weighted by Crippen LogP contribution is -2.20. The van der Waals surface area contributed by atoms with Gasteiger partial charge in [-0.2, -0.15) is 0 Å². The van der Waals surface area contributed by atoms with Gasteiger partial charge in [0.15, 0.2) is 11.5 Å². The molecule has 0 saturated carbocycles. The van der Waals surface area contributed by atoms with Crippen molar-refractivity contribution in [1.29, 1.82) is 0 Å². The Morgan fingerprint density at radius 1 is 0.853 bits per heavy atom. The number of carbonyl (C=O) groups excluding carboxylic acids is 1. The van der Waals surface area contributed by atoms with Crippen molar-refractivity contribution in [2.24, 2.45) is 0 Å². The van der Waals surface area contributed by atoms with Crippen LogP contribution in [0.5, 0.6) is 17.2 Å². The molecule has 1 heterocycles. The van der Waals surface area contributed by atoms with Crippen LogP contribution in [0.25, 0.3) is 21.8 Å². The van der Waals surface area contributed by atoms with Crippen LogP contribution in [-0.4, -0.2) is 46.1 Å². The van der Waals surface area contributed by atoms with Gasteiger partial charge in [0.1, 0.15) is 5.75 Å². The lowest BCUT2D eigenvalue weighted by atomic mass is 10.1. The Hall–Kier alpha value is -4.20. The van der Waals surface area contributed by atoms with Crippen LogP contribution in [0.1, 0.15) is 5.56 Å². The average Bonchev–Trinajstić information content (AvgIpc) is 2.88. The van der Waals surface area contributed by atoms with E-state index >= 15 is 0 Å². The van der Waals surface area contributed by atoms with Gasteiger partial charge in [-0.1, -0.05) is 12.1 Å². The van der Waals surface area contributed by atoms with Crippen LogP contribution >= 0.6 is 0 Å². The first-order valence-electron chi connectivity index (χ1n) is 10.8. The summed E-state index contributed by atoms with van der Waals surface area (Å²) in [6.07, 6.45) is 0.199. The van der Waals surface area contributed by atoms with Crippen molar-refractivity contribution in [3.63, 3.8) is 0 Å². The summed E-state index contributed by atoms with van der Waals surface area (Å²) in [6.45, 7) is 0.315. The van der Waals surface area contributed by atoms with Gasteiger partial charge < -0.3 is 29.6 Å². The van der Waals surface area contributed by atoms with Gasteiger partial charge in [-0.05, 0) is 35.9 Å². The molecule has 0 aliphatic rings. The second kappa shape index (κ2) is 10.2. The number of anilines is 2. The van der Waals surface area contributed by atoms with Gasteiger partial charge in [-0.3, -0.25) is 0 Å². The zero-order valence-corrected chi connectivity index (χ0v) is 19.6. The van der Waals surface area contributed by atoms with E-state index in [0.717, 1.165) is 44.5 Å². The summed E-state index contributed by atoms with van der Waals surface area (Å²) < 4.78 is 21.5. The predicted octanol–water partition coefficient (Wildman–Crippen LogP) is 5.06. The maximum Gasteiger partial charge on any atom is 0.406 e. The minimum atomic E-state index is -0.432. The molecule has 3 aromatic carbocycles. The average molecular weight is 462 g/mol.